The second-order valence-corrected chi connectivity index (χ2v) is 8.71. The molecule has 2 atom stereocenters. The number of anilines is 1. The van der Waals surface area contributed by atoms with Crippen LogP contribution in [-0.4, -0.2) is 70.0 Å². The van der Waals surface area contributed by atoms with E-state index in [1.807, 2.05) is 18.9 Å². The normalized spacial score (nSPS) is 19.4. The molecule has 1 aliphatic heterocycles. The molecule has 1 amide bonds. The largest absolute Gasteiger partial charge is 0.377 e. The molecule has 7 nitrogen and oxygen atoms in total. The average Bonchev–Trinajstić information content (AvgIpc) is 3.07. The lowest BCUT2D eigenvalue weighted by atomic mass is 10.2. The Balaban J connectivity index is 2.02. The summed E-state index contributed by atoms with van der Waals surface area (Å²) in [7, 11) is 1.31. The van der Waals surface area contributed by atoms with Gasteiger partial charge in [-0.15, -0.1) is 0 Å². The van der Waals surface area contributed by atoms with Crippen LogP contribution in [0.2, 0.25) is 0 Å². The minimum atomic E-state index is -3.53. The fourth-order valence-corrected chi connectivity index (χ4v) is 3.61. The predicted molar refractivity (Wildman–Crippen MR) is 97.0 cm³/mol. The molecule has 1 saturated heterocycles. The van der Waals surface area contributed by atoms with E-state index in [-0.39, 0.29) is 22.9 Å². The molecule has 1 fully saturated rings. The van der Waals surface area contributed by atoms with Crippen LogP contribution in [0.5, 0.6) is 0 Å². The van der Waals surface area contributed by atoms with Crippen LogP contribution in [0.1, 0.15) is 19.8 Å². The van der Waals surface area contributed by atoms with Crippen molar-refractivity contribution in [2.24, 2.45) is 0 Å². The molecule has 1 aromatic rings. The highest BCUT2D eigenvalue weighted by molar-refractivity contribution is 7.89. The maximum atomic E-state index is 12.5. The highest BCUT2D eigenvalue weighted by Gasteiger charge is 2.24. The van der Waals surface area contributed by atoms with Crippen molar-refractivity contribution in [3.8, 4) is 0 Å². The molecule has 1 heterocycles. The number of rotatable bonds is 7. The summed E-state index contributed by atoms with van der Waals surface area (Å²) < 4.78 is 31.1. The molecule has 8 heteroatoms. The monoisotopic (exact) mass is 369 g/mol. The van der Waals surface area contributed by atoms with Gasteiger partial charge in [0.05, 0.1) is 17.0 Å². The van der Waals surface area contributed by atoms with Gasteiger partial charge in [0.25, 0.3) is 0 Å². The predicted octanol–water partition coefficient (Wildman–Crippen LogP) is 1.37. The quantitative estimate of drug-likeness (QED) is 0.785. The number of nitrogens with one attached hydrogen (secondary N) is 1. The number of carbonyl (C=O) groups is 1. The molecule has 0 unspecified atom stereocenters. The Morgan fingerprint density at radius 1 is 1.36 bits per heavy atom. The van der Waals surface area contributed by atoms with Gasteiger partial charge in [0.15, 0.2) is 0 Å². The van der Waals surface area contributed by atoms with E-state index >= 15 is 0 Å². The number of carbonyl (C=O) groups excluding carboxylic acids is 1. The van der Waals surface area contributed by atoms with Crippen LogP contribution in [0.25, 0.3) is 0 Å². The van der Waals surface area contributed by atoms with Crippen molar-refractivity contribution in [3.05, 3.63) is 24.3 Å². The Bertz CT molecular complexity index is 700. The van der Waals surface area contributed by atoms with Crippen molar-refractivity contribution in [3.63, 3.8) is 0 Å². The van der Waals surface area contributed by atoms with Gasteiger partial charge in [0.2, 0.25) is 15.9 Å². The third-order valence-corrected chi connectivity index (χ3v) is 6.25. The third-order valence-electron chi connectivity index (χ3n) is 4.44. The molecule has 0 spiro atoms. The summed E-state index contributed by atoms with van der Waals surface area (Å²) in [4.78, 5) is 14.6. The lowest BCUT2D eigenvalue weighted by Gasteiger charge is -2.26. The van der Waals surface area contributed by atoms with Gasteiger partial charge >= 0.3 is 0 Å². The number of hydrogen-bond donors (Lipinski definition) is 1. The Kier molecular flexibility index (Phi) is 6.56. The van der Waals surface area contributed by atoms with Crippen LogP contribution < -0.4 is 5.32 Å². The van der Waals surface area contributed by atoms with Crippen molar-refractivity contribution in [2.75, 3.05) is 39.6 Å². The van der Waals surface area contributed by atoms with Crippen LogP contribution in [0.3, 0.4) is 0 Å². The maximum absolute atomic E-state index is 12.5. The summed E-state index contributed by atoms with van der Waals surface area (Å²) in [5, 5.41) is 2.79. The number of ether oxygens (including phenoxy) is 1. The minimum Gasteiger partial charge on any atom is -0.377 e. The first-order valence-electron chi connectivity index (χ1n) is 8.37. The van der Waals surface area contributed by atoms with E-state index in [2.05, 4.69) is 5.32 Å². The molecule has 1 aromatic carbocycles. The molecule has 140 valence electrons. The van der Waals surface area contributed by atoms with Gasteiger partial charge in [-0.25, -0.2) is 12.7 Å². The third kappa shape index (κ3) is 5.01. The molecular formula is C17H27N3O4S. The van der Waals surface area contributed by atoms with Gasteiger partial charge in [-0.1, -0.05) is 6.07 Å². The maximum Gasteiger partial charge on any atom is 0.242 e. The first-order chi connectivity index (χ1) is 11.7. The Hall–Kier alpha value is -1.48. The van der Waals surface area contributed by atoms with E-state index in [1.165, 1.54) is 26.2 Å². The highest BCUT2D eigenvalue weighted by Crippen LogP contribution is 2.19. The van der Waals surface area contributed by atoms with E-state index in [0.29, 0.717) is 12.2 Å². The first-order valence-corrected chi connectivity index (χ1v) is 9.81. The fraction of sp³-hybridized carbons (Fsp3) is 0.588. The second-order valence-electron chi connectivity index (χ2n) is 6.56. The molecule has 25 heavy (non-hydrogen) atoms. The molecule has 0 saturated carbocycles. The fourth-order valence-electron chi connectivity index (χ4n) is 2.66. The Morgan fingerprint density at radius 2 is 2.08 bits per heavy atom. The van der Waals surface area contributed by atoms with Crippen molar-refractivity contribution >= 4 is 21.6 Å². The number of nitrogens with zero attached hydrogens (tertiary/aromatic N) is 2. The van der Waals surface area contributed by atoms with Gasteiger partial charge in [0.1, 0.15) is 0 Å². The van der Waals surface area contributed by atoms with Gasteiger partial charge in [-0.3, -0.25) is 9.69 Å². The standard InChI is InChI=1S/C17H27N3O4S/c1-13(20(4)12-15-8-6-10-24-15)17(21)18-14-7-5-9-16(11-14)25(22,23)19(2)3/h5,7,9,11,13,15H,6,8,10,12H2,1-4H3,(H,18,21)/t13-,15-/m1/s1. The van der Waals surface area contributed by atoms with Crippen LogP contribution in [0.15, 0.2) is 29.2 Å². The molecular weight excluding hydrogens is 342 g/mol. The topological polar surface area (TPSA) is 79.0 Å². The lowest BCUT2D eigenvalue weighted by Crippen LogP contribution is -2.43. The van der Waals surface area contributed by atoms with Crippen molar-refractivity contribution in [1.82, 2.24) is 9.21 Å². The number of hydrogen-bond acceptors (Lipinski definition) is 5. The summed E-state index contributed by atoms with van der Waals surface area (Å²) in [5.41, 5.74) is 0.463. The highest BCUT2D eigenvalue weighted by atomic mass is 32.2. The SMILES string of the molecule is C[C@H](C(=O)Nc1cccc(S(=O)(=O)N(C)C)c1)N(C)C[C@H]1CCCO1. The molecule has 0 aliphatic carbocycles. The van der Waals surface area contributed by atoms with Gasteiger partial charge in [-0.05, 0) is 45.0 Å². The van der Waals surface area contributed by atoms with Gasteiger partial charge < -0.3 is 10.1 Å². The number of benzene rings is 1. The zero-order chi connectivity index (χ0) is 18.6. The number of sulfonamides is 1. The smallest absolute Gasteiger partial charge is 0.242 e. The van der Waals surface area contributed by atoms with Gasteiger partial charge in [0, 0.05) is 32.9 Å². The number of likely N-dealkylation sites (N-methyl/N-ethyl adjacent to an activating group) is 1. The molecule has 1 aliphatic rings. The van der Waals surface area contributed by atoms with E-state index in [1.54, 1.807) is 12.1 Å². The lowest BCUT2D eigenvalue weighted by molar-refractivity contribution is -0.120. The Morgan fingerprint density at radius 3 is 2.68 bits per heavy atom. The van der Waals surface area contributed by atoms with Crippen LogP contribution in [0.4, 0.5) is 5.69 Å². The second kappa shape index (κ2) is 8.27. The number of amides is 1. The zero-order valence-corrected chi connectivity index (χ0v) is 16.0. The van der Waals surface area contributed by atoms with Crippen molar-refractivity contribution in [2.45, 2.75) is 36.8 Å². The minimum absolute atomic E-state index is 0.149. The summed E-state index contributed by atoms with van der Waals surface area (Å²) >= 11 is 0. The molecule has 2 rings (SSSR count). The van der Waals surface area contributed by atoms with E-state index in [0.717, 1.165) is 23.8 Å². The van der Waals surface area contributed by atoms with E-state index < -0.39 is 10.0 Å². The summed E-state index contributed by atoms with van der Waals surface area (Å²) in [6.45, 7) is 3.31. The zero-order valence-electron chi connectivity index (χ0n) is 15.2. The Labute approximate surface area is 150 Å². The van der Waals surface area contributed by atoms with Gasteiger partial charge in [-0.2, -0.15) is 0 Å². The van der Waals surface area contributed by atoms with Crippen LogP contribution >= 0.6 is 0 Å². The van der Waals surface area contributed by atoms with Crippen LogP contribution in [-0.2, 0) is 19.6 Å². The first kappa shape index (κ1) is 19.8. The van der Waals surface area contributed by atoms with E-state index in [9.17, 15) is 13.2 Å². The molecule has 0 radical (unpaired) electrons. The summed E-state index contributed by atoms with van der Waals surface area (Å²) in [6.07, 6.45) is 2.25. The molecule has 0 bridgehead atoms. The summed E-state index contributed by atoms with van der Waals surface area (Å²) in [5.74, 6) is -0.181. The van der Waals surface area contributed by atoms with Crippen LogP contribution in [0, 0.1) is 0 Å². The molecule has 1 N–H and O–H groups in total. The van der Waals surface area contributed by atoms with Crippen molar-refractivity contribution < 1.29 is 17.9 Å². The van der Waals surface area contributed by atoms with Crippen molar-refractivity contribution in [1.29, 1.82) is 0 Å². The average molecular weight is 369 g/mol. The van der Waals surface area contributed by atoms with E-state index in [4.69, 9.17) is 4.74 Å². The summed E-state index contributed by atoms with van der Waals surface area (Å²) in [6, 6.07) is 5.93. The molecule has 0 aromatic heterocycles.